The minimum Gasteiger partial charge on any atom is -0.496 e. The van der Waals surface area contributed by atoms with Crippen molar-refractivity contribution in [3.8, 4) is 5.75 Å². The van der Waals surface area contributed by atoms with Crippen LogP contribution < -0.4 is 15.4 Å². The Balaban J connectivity index is 1.48. The normalized spacial score (nSPS) is 14.0. The SMILES string of the molecule is COc1ccccc1CC(C)CC(=O)NCc1ccc2c(c1)CNC2. The zero-order valence-electron chi connectivity index (χ0n) is 15.0. The van der Waals surface area contributed by atoms with Gasteiger partial charge in [-0.2, -0.15) is 0 Å². The minimum absolute atomic E-state index is 0.0982. The maximum absolute atomic E-state index is 12.3. The number of hydrogen-bond donors (Lipinski definition) is 2. The lowest BCUT2D eigenvalue weighted by Crippen LogP contribution is -2.25. The van der Waals surface area contributed by atoms with Gasteiger partial charge in [-0.3, -0.25) is 4.79 Å². The number of fused-ring (bicyclic) bond motifs is 1. The number of rotatable bonds is 7. The van der Waals surface area contributed by atoms with Gasteiger partial charge in [-0.15, -0.1) is 0 Å². The molecule has 2 aromatic rings. The number of methoxy groups -OCH3 is 1. The number of carbonyl (C=O) groups excluding carboxylic acids is 1. The van der Waals surface area contributed by atoms with Crippen LogP contribution in [0.3, 0.4) is 0 Å². The summed E-state index contributed by atoms with van der Waals surface area (Å²) in [6, 6.07) is 14.4. The second-order valence-electron chi connectivity index (χ2n) is 6.81. The van der Waals surface area contributed by atoms with E-state index in [0.717, 1.165) is 36.4 Å². The Labute approximate surface area is 149 Å². The smallest absolute Gasteiger partial charge is 0.220 e. The number of amides is 1. The molecule has 1 unspecified atom stereocenters. The molecule has 0 fully saturated rings. The zero-order chi connectivity index (χ0) is 17.6. The fraction of sp³-hybridized carbons (Fsp3) is 0.381. The second-order valence-corrected chi connectivity index (χ2v) is 6.81. The van der Waals surface area contributed by atoms with E-state index in [1.165, 1.54) is 11.1 Å². The molecule has 132 valence electrons. The van der Waals surface area contributed by atoms with Crippen LogP contribution in [-0.2, 0) is 30.8 Å². The summed E-state index contributed by atoms with van der Waals surface area (Å²) in [6.45, 7) is 4.57. The first-order valence-electron chi connectivity index (χ1n) is 8.85. The standard InChI is InChI=1S/C21H26N2O2/c1-15(9-17-5-3-4-6-20(17)25-2)10-21(24)23-12-16-7-8-18-13-22-14-19(18)11-16/h3-8,11,15,22H,9-10,12-14H2,1-2H3,(H,23,24). The van der Waals surface area contributed by atoms with Crippen LogP contribution in [0, 0.1) is 5.92 Å². The van der Waals surface area contributed by atoms with Gasteiger partial charge in [0.25, 0.3) is 0 Å². The molecule has 2 aromatic carbocycles. The van der Waals surface area contributed by atoms with Crippen LogP contribution in [0.5, 0.6) is 5.75 Å². The van der Waals surface area contributed by atoms with E-state index in [2.05, 4.69) is 41.8 Å². The molecule has 1 atom stereocenters. The molecule has 25 heavy (non-hydrogen) atoms. The number of benzene rings is 2. The van der Waals surface area contributed by atoms with Gasteiger partial charge in [0.1, 0.15) is 5.75 Å². The topological polar surface area (TPSA) is 50.4 Å². The van der Waals surface area contributed by atoms with Crippen molar-refractivity contribution in [3.63, 3.8) is 0 Å². The molecule has 0 radical (unpaired) electrons. The molecule has 0 saturated heterocycles. The largest absolute Gasteiger partial charge is 0.496 e. The predicted molar refractivity (Wildman–Crippen MR) is 99.3 cm³/mol. The quantitative estimate of drug-likeness (QED) is 0.815. The van der Waals surface area contributed by atoms with E-state index in [1.54, 1.807) is 7.11 Å². The molecule has 0 spiro atoms. The number of hydrogen-bond acceptors (Lipinski definition) is 3. The van der Waals surface area contributed by atoms with Crippen LogP contribution in [0.4, 0.5) is 0 Å². The molecule has 1 aliphatic heterocycles. The predicted octanol–water partition coefficient (Wildman–Crippen LogP) is 3.18. The van der Waals surface area contributed by atoms with Crippen molar-refractivity contribution in [2.75, 3.05) is 7.11 Å². The van der Waals surface area contributed by atoms with Crippen molar-refractivity contribution in [2.45, 2.75) is 39.4 Å². The summed E-state index contributed by atoms with van der Waals surface area (Å²) in [5.74, 6) is 1.25. The van der Waals surface area contributed by atoms with Gasteiger partial charge in [0.2, 0.25) is 5.91 Å². The van der Waals surface area contributed by atoms with Crippen LogP contribution in [-0.4, -0.2) is 13.0 Å². The Kier molecular flexibility index (Phi) is 5.71. The zero-order valence-corrected chi connectivity index (χ0v) is 15.0. The highest BCUT2D eigenvalue weighted by Crippen LogP contribution is 2.22. The minimum atomic E-state index is 0.0982. The summed E-state index contributed by atoms with van der Waals surface area (Å²) in [6.07, 6.45) is 1.35. The maximum atomic E-state index is 12.3. The van der Waals surface area contributed by atoms with Crippen molar-refractivity contribution in [3.05, 3.63) is 64.7 Å². The molecule has 0 aliphatic carbocycles. The van der Waals surface area contributed by atoms with Gasteiger partial charge in [0.15, 0.2) is 0 Å². The Morgan fingerprint density at radius 1 is 1.20 bits per heavy atom. The van der Waals surface area contributed by atoms with Crippen LogP contribution in [0.1, 0.15) is 35.6 Å². The van der Waals surface area contributed by atoms with Crippen molar-refractivity contribution in [1.82, 2.24) is 10.6 Å². The van der Waals surface area contributed by atoms with Crippen LogP contribution >= 0.6 is 0 Å². The third-order valence-electron chi connectivity index (χ3n) is 4.69. The van der Waals surface area contributed by atoms with E-state index >= 15 is 0 Å². The van der Waals surface area contributed by atoms with Gasteiger partial charge in [0.05, 0.1) is 7.11 Å². The maximum Gasteiger partial charge on any atom is 0.220 e. The Morgan fingerprint density at radius 3 is 2.84 bits per heavy atom. The molecule has 1 heterocycles. The first-order chi connectivity index (χ1) is 12.2. The summed E-state index contributed by atoms with van der Waals surface area (Å²) < 4.78 is 5.39. The molecule has 0 aromatic heterocycles. The van der Waals surface area contributed by atoms with Crippen LogP contribution in [0.15, 0.2) is 42.5 Å². The van der Waals surface area contributed by atoms with Crippen molar-refractivity contribution in [1.29, 1.82) is 0 Å². The molecule has 2 N–H and O–H groups in total. The lowest BCUT2D eigenvalue weighted by Gasteiger charge is -2.14. The van der Waals surface area contributed by atoms with E-state index in [9.17, 15) is 4.79 Å². The van der Waals surface area contributed by atoms with E-state index < -0.39 is 0 Å². The fourth-order valence-electron chi connectivity index (χ4n) is 3.37. The average molecular weight is 338 g/mol. The lowest BCUT2D eigenvalue weighted by atomic mass is 9.97. The number of para-hydroxylation sites is 1. The van der Waals surface area contributed by atoms with E-state index in [0.29, 0.717) is 13.0 Å². The second kappa shape index (κ2) is 8.17. The van der Waals surface area contributed by atoms with Gasteiger partial charge in [-0.1, -0.05) is 43.3 Å². The monoisotopic (exact) mass is 338 g/mol. The third-order valence-corrected chi connectivity index (χ3v) is 4.69. The summed E-state index contributed by atoms with van der Waals surface area (Å²) in [7, 11) is 1.68. The Morgan fingerprint density at radius 2 is 2.00 bits per heavy atom. The number of carbonyl (C=O) groups is 1. The van der Waals surface area contributed by atoms with Crippen LogP contribution in [0.2, 0.25) is 0 Å². The molecule has 0 bridgehead atoms. The van der Waals surface area contributed by atoms with E-state index in [-0.39, 0.29) is 11.8 Å². The van der Waals surface area contributed by atoms with Crippen molar-refractivity contribution >= 4 is 5.91 Å². The van der Waals surface area contributed by atoms with Crippen LogP contribution in [0.25, 0.3) is 0 Å². The highest BCUT2D eigenvalue weighted by Gasteiger charge is 2.13. The lowest BCUT2D eigenvalue weighted by molar-refractivity contribution is -0.122. The number of nitrogens with one attached hydrogen (secondary N) is 2. The van der Waals surface area contributed by atoms with Gasteiger partial charge in [-0.05, 0) is 40.7 Å². The first-order valence-corrected chi connectivity index (χ1v) is 8.85. The van der Waals surface area contributed by atoms with Gasteiger partial charge in [0, 0.05) is 26.1 Å². The summed E-state index contributed by atoms with van der Waals surface area (Å²) >= 11 is 0. The van der Waals surface area contributed by atoms with E-state index in [1.807, 2.05) is 18.2 Å². The summed E-state index contributed by atoms with van der Waals surface area (Å²) in [5.41, 5.74) is 5.02. The highest BCUT2D eigenvalue weighted by molar-refractivity contribution is 5.76. The molecule has 3 rings (SSSR count). The van der Waals surface area contributed by atoms with Crippen molar-refractivity contribution in [2.24, 2.45) is 5.92 Å². The summed E-state index contributed by atoms with van der Waals surface area (Å²) in [5, 5.41) is 6.39. The average Bonchev–Trinajstić information content (AvgIpc) is 3.08. The molecule has 0 saturated carbocycles. The molecule has 4 heteroatoms. The molecule has 4 nitrogen and oxygen atoms in total. The van der Waals surface area contributed by atoms with Gasteiger partial charge >= 0.3 is 0 Å². The Bertz CT molecular complexity index is 742. The van der Waals surface area contributed by atoms with Crippen molar-refractivity contribution < 1.29 is 9.53 Å². The number of ether oxygens (including phenoxy) is 1. The molecule has 1 aliphatic rings. The molecule has 1 amide bonds. The first kappa shape index (κ1) is 17.5. The fourth-order valence-corrected chi connectivity index (χ4v) is 3.37. The summed E-state index contributed by atoms with van der Waals surface area (Å²) in [4.78, 5) is 12.3. The van der Waals surface area contributed by atoms with Gasteiger partial charge < -0.3 is 15.4 Å². The Hall–Kier alpha value is -2.33. The van der Waals surface area contributed by atoms with E-state index in [4.69, 9.17) is 4.74 Å². The molecular weight excluding hydrogens is 312 g/mol. The highest BCUT2D eigenvalue weighted by atomic mass is 16.5. The van der Waals surface area contributed by atoms with Gasteiger partial charge in [-0.25, -0.2) is 0 Å². The molecular formula is C21H26N2O2. The third kappa shape index (κ3) is 4.60.